The minimum Gasteiger partial charge on any atom is -0.296 e. The molecule has 15 heavy (non-hydrogen) atoms. The van der Waals surface area contributed by atoms with Crippen molar-refractivity contribution in [1.29, 1.82) is 0 Å². The second-order valence-electron chi connectivity index (χ2n) is 4.74. The number of rotatable bonds is 0. The van der Waals surface area contributed by atoms with Crippen molar-refractivity contribution in [3.8, 4) is 0 Å². The van der Waals surface area contributed by atoms with Crippen LogP contribution in [0.3, 0.4) is 0 Å². The van der Waals surface area contributed by atoms with E-state index in [9.17, 15) is 4.39 Å². The predicted octanol–water partition coefficient (Wildman–Crippen LogP) is 2.74. The molecule has 1 unspecified atom stereocenters. The monoisotopic (exact) mass is 205 g/mol. The molecule has 80 valence electrons. The Balaban J connectivity index is 1.92. The van der Waals surface area contributed by atoms with Crippen molar-refractivity contribution in [1.82, 2.24) is 4.90 Å². The minimum absolute atomic E-state index is 0.0852. The highest BCUT2D eigenvalue weighted by molar-refractivity contribution is 5.31. The summed E-state index contributed by atoms with van der Waals surface area (Å²) in [6.07, 6.45) is 5.00. The maximum absolute atomic E-state index is 13.1. The average Bonchev–Trinajstić information content (AvgIpc) is 2.26. The highest BCUT2D eigenvalue weighted by Crippen LogP contribution is 2.29. The van der Waals surface area contributed by atoms with Crippen LogP contribution in [0.2, 0.25) is 0 Å². The number of benzene rings is 1. The predicted molar refractivity (Wildman–Crippen MR) is 58.2 cm³/mol. The highest BCUT2D eigenvalue weighted by atomic mass is 19.1. The topological polar surface area (TPSA) is 3.24 Å². The fraction of sp³-hybridized carbons (Fsp3) is 0.538. The van der Waals surface area contributed by atoms with Crippen LogP contribution in [0.5, 0.6) is 0 Å². The van der Waals surface area contributed by atoms with E-state index in [4.69, 9.17) is 0 Å². The summed E-state index contributed by atoms with van der Waals surface area (Å²) in [7, 11) is 0. The second-order valence-corrected chi connectivity index (χ2v) is 4.74. The van der Waals surface area contributed by atoms with E-state index in [1.165, 1.54) is 36.9 Å². The first kappa shape index (κ1) is 9.34. The molecule has 1 nitrogen and oxygen atoms in total. The molecular weight excluding hydrogens is 189 g/mol. The molecule has 0 amide bonds. The molecule has 2 heteroatoms. The quantitative estimate of drug-likeness (QED) is 0.629. The van der Waals surface area contributed by atoms with Gasteiger partial charge < -0.3 is 0 Å². The van der Waals surface area contributed by atoms with Crippen LogP contribution >= 0.6 is 0 Å². The van der Waals surface area contributed by atoms with Crippen LogP contribution < -0.4 is 0 Å². The molecule has 2 aliphatic heterocycles. The van der Waals surface area contributed by atoms with Crippen molar-refractivity contribution in [2.45, 2.75) is 38.3 Å². The van der Waals surface area contributed by atoms with Gasteiger partial charge in [0.15, 0.2) is 0 Å². The Morgan fingerprint density at radius 2 is 2.13 bits per heavy atom. The van der Waals surface area contributed by atoms with Crippen LogP contribution in [0.1, 0.15) is 30.4 Å². The van der Waals surface area contributed by atoms with Crippen molar-refractivity contribution in [3.05, 3.63) is 35.1 Å². The molecule has 2 aliphatic rings. The summed E-state index contributed by atoms with van der Waals surface area (Å²) >= 11 is 0. The number of hydrogen-bond donors (Lipinski definition) is 0. The van der Waals surface area contributed by atoms with Gasteiger partial charge in [-0.1, -0.05) is 12.5 Å². The van der Waals surface area contributed by atoms with Crippen LogP contribution in [0.4, 0.5) is 4.39 Å². The van der Waals surface area contributed by atoms with E-state index in [1.807, 2.05) is 6.07 Å². The minimum atomic E-state index is -0.0852. The Labute approximate surface area is 89.9 Å². The van der Waals surface area contributed by atoms with Crippen LogP contribution in [0.25, 0.3) is 0 Å². The fourth-order valence-electron chi connectivity index (χ4n) is 2.91. The smallest absolute Gasteiger partial charge is 0.123 e. The lowest BCUT2D eigenvalue weighted by atomic mass is 9.88. The molecule has 3 rings (SSSR count). The first-order chi connectivity index (χ1) is 7.33. The zero-order chi connectivity index (χ0) is 10.3. The Hall–Kier alpha value is -0.890. The molecule has 0 spiro atoms. The van der Waals surface area contributed by atoms with Crippen molar-refractivity contribution in [2.24, 2.45) is 0 Å². The molecule has 1 atom stereocenters. The van der Waals surface area contributed by atoms with E-state index >= 15 is 0 Å². The van der Waals surface area contributed by atoms with Gasteiger partial charge in [0, 0.05) is 12.6 Å². The maximum atomic E-state index is 13.1. The third-order valence-electron chi connectivity index (χ3n) is 3.75. The fourth-order valence-corrected chi connectivity index (χ4v) is 2.91. The third kappa shape index (κ3) is 1.67. The molecule has 1 saturated heterocycles. The van der Waals surface area contributed by atoms with Gasteiger partial charge in [-0.25, -0.2) is 4.39 Å². The average molecular weight is 205 g/mol. The summed E-state index contributed by atoms with van der Waals surface area (Å²) in [4.78, 5) is 2.56. The second kappa shape index (κ2) is 3.60. The van der Waals surface area contributed by atoms with Crippen LogP contribution in [-0.2, 0) is 13.0 Å². The van der Waals surface area contributed by atoms with Crippen molar-refractivity contribution >= 4 is 0 Å². The molecule has 1 aromatic carbocycles. The summed E-state index contributed by atoms with van der Waals surface area (Å²) in [6, 6.07) is 5.94. The zero-order valence-electron chi connectivity index (χ0n) is 8.88. The SMILES string of the molecule is Fc1ccc2c(c1)CC1CCCCN1C2. The van der Waals surface area contributed by atoms with E-state index in [0.717, 1.165) is 13.0 Å². The van der Waals surface area contributed by atoms with E-state index in [2.05, 4.69) is 4.90 Å². The molecule has 1 fully saturated rings. The standard InChI is InChI=1S/C13H16FN/c14-12-5-4-10-9-15-6-2-1-3-13(15)8-11(10)7-12/h4-5,7,13H,1-3,6,8-9H2. The summed E-state index contributed by atoms with van der Waals surface area (Å²) in [5, 5.41) is 0. The number of nitrogens with zero attached hydrogens (tertiary/aromatic N) is 1. The Bertz CT molecular complexity index is 375. The molecule has 0 aliphatic carbocycles. The normalized spacial score (nSPS) is 25.8. The molecule has 0 saturated carbocycles. The zero-order valence-corrected chi connectivity index (χ0v) is 8.88. The van der Waals surface area contributed by atoms with Gasteiger partial charge in [0.05, 0.1) is 0 Å². The number of hydrogen-bond acceptors (Lipinski definition) is 1. The maximum Gasteiger partial charge on any atom is 0.123 e. The van der Waals surface area contributed by atoms with Gasteiger partial charge in [0.1, 0.15) is 5.82 Å². The van der Waals surface area contributed by atoms with Crippen LogP contribution in [0.15, 0.2) is 18.2 Å². The van der Waals surface area contributed by atoms with Gasteiger partial charge in [-0.05, 0) is 49.1 Å². The van der Waals surface area contributed by atoms with Gasteiger partial charge in [0.25, 0.3) is 0 Å². The van der Waals surface area contributed by atoms with E-state index < -0.39 is 0 Å². The van der Waals surface area contributed by atoms with Gasteiger partial charge in [-0.2, -0.15) is 0 Å². The molecule has 1 aromatic rings. The van der Waals surface area contributed by atoms with Gasteiger partial charge >= 0.3 is 0 Å². The van der Waals surface area contributed by atoms with Crippen LogP contribution in [0, 0.1) is 5.82 Å². The first-order valence-corrected chi connectivity index (χ1v) is 5.84. The Kier molecular flexibility index (Phi) is 2.24. The third-order valence-corrected chi connectivity index (χ3v) is 3.75. The lowest BCUT2D eigenvalue weighted by Gasteiger charge is -2.40. The molecule has 0 bridgehead atoms. The van der Waals surface area contributed by atoms with Crippen molar-refractivity contribution in [2.75, 3.05) is 6.54 Å². The summed E-state index contributed by atoms with van der Waals surface area (Å²) in [6.45, 7) is 2.25. The van der Waals surface area contributed by atoms with Crippen molar-refractivity contribution < 1.29 is 4.39 Å². The Morgan fingerprint density at radius 1 is 1.20 bits per heavy atom. The van der Waals surface area contributed by atoms with E-state index in [1.54, 1.807) is 12.1 Å². The molecule has 0 aromatic heterocycles. The Morgan fingerprint density at radius 3 is 3.07 bits per heavy atom. The summed E-state index contributed by atoms with van der Waals surface area (Å²) in [5.41, 5.74) is 2.56. The van der Waals surface area contributed by atoms with E-state index in [-0.39, 0.29) is 5.82 Å². The highest BCUT2D eigenvalue weighted by Gasteiger charge is 2.27. The summed E-state index contributed by atoms with van der Waals surface area (Å²) < 4.78 is 13.1. The molecular formula is C13H16FN. The van der Waals surface area contributed by atoms with Crippen LogP contribution in [-0.4, -0.2) is 17.5 Å². The molecule has 2 heterocycles. The van der Waals surface area contributed by atoms with Gasteiger partial charge in [-0.15, -0.1) is 0 Å². The first-order valence-electron chi connectivity index (χ1n) is 5.84. The lowest BCUT2D eigenvalue weighted by molar-refractivity contribution is 0.127. The summed E-state index contributed by atoms with van der Waals surface area (Å²) in [5.74, 6) is -0.0852. The largest absolute Gasteiger partial charge is 0.296 e. The number of fused-ring (bicyclic) bond motifs is 2. The number of piperidine rings is 1. The molecule has 0 radical (unpaired) electrons. The van der Waals surface area contributed by atoms with E-state index in [0.29, 0.717) is 6.04 Å². The van der Waals surface area contributed by atoms with Crippen molar-refractivity contribution in [3.63, 3.8) is 0 Å². The molecule has 0 N–H and O–H groups in total. The lowest BCUT2D eigenvalue weighted by Crippen LogP contribution is -2.43. The number of halogens is 1. The van der Waals surface area contributed by atoms with Gasteiger partial charge in [-0.3, -0.25) is 4.90 Å². The van der Waals surface area contributed by atoms with Gasteiger partial charge in [0.2, 0.25) is 0 Å².